The number of aryl methyl sites for hydroxylation is 2. The monoisotopic (exact) mass is 420 g/mol. The first-order chi connectivity index (χ1) is 14.9. The Hall–Kier alpha value is -2.89. The van der Waals surface area contributed by atoms with Crippen LogP contribution in [-0.4, -0.2) is 27.3 Å². The minimum Gasteiger partial charge on any atom is -0.491 e. The van der Waals surface area contributed by atoms with Crippen molar-refractivity contribution < 1.29 is 9.26 Å². The Morgan fingerprint density at radius 1 is 1.06 bits per heavy atom. The summed E-state index contributed by atoms with van der Waals surface area (Å²) in [6, 6.07) is 8.50. The molecule has 1 aliphatic carbocycles. The van der Waals surface area contributed by atoms with Crippen LogP contribution in [0.2, 0.25) is 0 Å². The number of ether oxygens (including phenoxy) is 1. The largest absolute Gasteiger partial charge is 0.491 e. The molecule has 0 aliphatic heterocycles. The third-order valence-electron chi connectivity index (χ3n) is 5.95. The third-order valence-corrected chi connectivity index (χ3v) is 5.95. The van der Waals surface area contributed by atoms with Crippen molar-refractivity contribution >= 4 is 5.95 Å². The van der Waals surface area contributed by atoms with Crippen LogP contribution in [-0.2, 0) is 0 Å². The molecular weight excluding hydrogens is 388 g/mol. The van der Waals surface area contributed by atoms with Gasteiger partial charge in [0.05, 0.1) is 23.1 Å². The van der Waals surface area contributed by atoms with E-state index in [-0.39, 0.29) is 6.10 Å². The Balaban J connectivity index is 1.69. The average Bonchev–Trinajstić information content (AvgIpc) is 3.08. The van der Waals surface area contributed by atoms with Gasteiger partial charge < -0.3 is 14.6 Å². The van der Waals surface area contributed by atoms with E-state index in [9.17, 15) is 0 Å². The Morgan fingerprint density at radius 3 is 2.39 bits per heavy atom. The number of rotatable bonds is 6. The Bertz CT molecular complexity index is 999. The summed E-state index contributed by atoms with van der Waals surface area (Å²) in [6.45, 7) is 10.3. The highest BCUT2D eigenvalue weighted by molar-refractivity contribution is 5.82. The predicted molar refractivity (Wildman–Crippen MR) is 123 cm³/mol. The van der Waals surface area contributed by atoms with Gasteiger partial charge in [0, 0.05) is 17.8 Å². The molecule has 1 saturated carbocycles. The molecule has 164 valence electrons. The van der Waals surface area contributed by atoms with Crippen LogP contribution in [0.1, 0.15) is 57.9 Å². The molecule has 0 radical (unpaired) electrons. The second-order valence-corrected chi connectivity index (χ2v) is 8.95. The first-order valence-electron chi connectivity index (χ1n) is 11.2. The molecule has 0 saturated heterocycles. The molecular formula is C25H32N4O2. The van der Waals surface area contributed by atoms with Crippen LogP contribution in [0, 0.1) is 19.8 Å². The lowest BCUT2D eigenvalue weighted by Crippen LogP contribution is -2.26. The summed E-state index contributed by atoms with van der Waals surface area (Å²) in [5.74, 6) is 3.08. The van der Waals surface area contributed by atoms with Crippen LogP contribution in [0.5, 0.6) is 5.75 Å². The second-order valence-electron chi connectivity index (χ2n) is 8.95. The lowest BCUT2D eigenvalue weighted by atomic mass is 9.87. The van der Waals surface area contributed by atoms with Crippen molar-refractivity contribution in [2.24, 2.45) is 5.92 Å². The first-order valence-corrected chi connectivity index (χ1v) is 11.2. The molecule has 0 atom stereocenters. The molecule has 0 unspecified atom stereocenters. The molecule has 0 bridgehead atoms. The Kier molecular flexibility index (Phi) is 6.25. The van der Waals surface area contributed by atoms with Crippen LogP contribution >= 0.6 is 0 Å². The molecule has 0 amide bonds. The fourth-order valence-corrected chi connectivity index (χ4v) is 4.25. The summed E-state index contributed by atoms with van der Waals surface area (Å²) >= 11 is 0. The molecule has 4 rings (SSSR count). The highest BCUT2D eigenvalue weighted by Crippen LogP contribution is 2.35. The number of anilines is 1. The third kappa shape index (κ3) is 4.89. The molecule has 6 heteroatoms. The maximum Gasteiger partial charge on any atom is 0.223 e. The molecule has 1 fully saturated rings. The van der Waals surface area contributed by atoms with Gasteiger partial charge in [-0.15, -0.1) is 0 Å². The summed E-state index contributed by atoms with van der Waals surface area (Å²) in [5, 5.41) is 7.71. The summed E-state index contributed by atoms with van der Waals surface area (Å²) in [6.07, 6.45) is 6.85. The van der Waals surface area contributed by atoms with Gasteiger partial charge >= 0.3 is 0 Å². The maximum absolute atomic E-state index is 5.79. The van der Waals surface area contributed by atoms with Gasteiger partial charge in [-0.3, -0.25) is 0 Å². The fourth-order valence-electron chi connectivity index (χ4n) is 4.25. The van der Waals surface area contributed by atoms with E-state index < -0.39 is 0 Å². The molecule has 31 heavy (non-hydrogen) atoms. The predicted octanol–water partition coefficient (Wildman–Crippen LogP) is 6.19. The lowest BCUT2D eigenvalue weighted by molar-refractivity contribution is 0.242. The zero-order valence-electron chi connectivity index (χ0n) is 19.1. The Labute approximate surface area is 184 Å². The number of nitrogens with zero attached hydrogens (tertiary/aromatic N) is 3. The van der Waals surface area contributed by atoms with Gasteiger partial charge in [-0.1, -0.05) is 24.2 Å². The zero-order chi connectivity index (χ0) is 22.0. The summed E-state index contributed by atoms with van der Waals surface area (Å²) in [4.78, 5) is 9.61. The van der Waals surface area contributed by atoms with Crippen molar-refractivity contribution in [1.29, 1.82) is 0 Å². The van der Waals surface area contributed by atoms with Crippen LogP contribution in [0.4, 0.5) is 5.95 Å². The highest BCUT2D eigenvalue weighted by atomic mass is 16.5. The van der Waals surface area contributed by atoms with Gasteiger partial charge in [-0.25, -0.2) is 9.97 Å². The zero-order valence-corrected chi connectivity index (χ0v) is 19.1. The minimum absolute atomic E-state index is 0.139. The van der Waals surface area contributed by atoms with E-state index in [2.05, 4.69) is 22.4 Å². The quantitative estimate of drug-likeness (QED) is 0.512. The van der Waals surface area contributed by atoms with E-state index in [0.29, 0.717) is 12.0 Å². The van der Waals surface area contributed by atoms with Crippen LogP contribution < -0.4 is 10.1 Å². The van der Waals surface area contributed by atoms with Gasteiger partial charge in [-0.05, 0) is 77.0 Å². The summed E-state index contributed by atoms with van der Waals surface area (Å²) < 4.78 is 11.2. The van der Waals surface area contributed by atoms with Crippen molar-refractivity contribution in [3.8, 4) is 28.1 Å². The fraction of sp³-hybridized carbons (Fsp3) is 0.480. The van der Waals surface area contributed by atoms with E-state index in [0.717, 1.165) is 58.3 Å². The first kappa shape index (κ1) is 21.3. The normalized spacial score (nSPS) is 18.9. The maximum atomic E-state index is 5.79. The molecule has 2 heterocycles. The van der Waals surface area contributed by atoms with Gasteiger partial charge in [0.1, 0.15) is 11.5 Å². The number of benzene rings is 1. The van der Waals surface area contributed by atoms with Gasteiger partial charge in [0.2, 0.25) is 5.95 Å². The molecule has 1 aromatic carbocycles. The van der Waals surface area contributed by atoms with Gasteiger partial charge in [-0.2, -0.15) is 0 Å². The summed E-state index contributed by atoms with van der Waals surface area (Å²) in [5.41, 5.74) is 4.59. The molecule has 1 N–H and O–H groups in total. The van der Waals surface area contributed by atoms with Crippen molar-refractivity contribution in [2.45, 2.75) is 72.4 Å². The van der Waals surface area contributed by atoms with Gasteiger partial charge in [0.15, 0.2) is 0 Å². The number of hydrogen-bond acceptors (Lipinski definition) is 6. The lowest BCUT2D eigenvalue weighted by Gasteiger charge is -2.27. The summed E-state index contributed by atoms with van der Waals surface area (Å²) in [7, 11) is 0. The highest BCUT2D eigenvalue weighted by Gasteiger charge is 2.22. The van der Waals surface area contributed by atoms with E-state index in [1.807, 2.05) is 58.2 Å². The van der Waals surface area contributed by atoms with Crippen LogP contribution in [0.3, 0.4) is 0 Å². The molecule has 2 aromatic heterocycles. The van der Waals surface area contributed by atoms with E-state index in [4.69, 9.17) is 14.2 Å². The van der Waals surface area contributed by atoms with Crippen molar-refractivity contribution in [1.82, 2.24) is 15.1 Å². The smallest absolute Gasteiger partial charge is 0.223 e. The van der Waals surface area contributed by atoms with Crippen molar-refractivity contribution in [3.63, 3.8) is 0 Å². The molecule has 3 aromatic rings. The van der Waals surface area contributed by atoms with Crippen molar-refractivity contribution in [3.05, 3.63) is 41.9 Å². The minimum atomic E-state index is 0.139. The van der Waals surface area contributed by atoms with Crippen LogP contribution in [0.25, 0.3) is 22.4 Å². The molecule has 6 nitrogen and oxygen atoms in total. The standard InChI is InChI=1S/C25H32N4O2/c1-15(2)30-21-12-8-19(9-13-21)22-14-26-25(27-20-10-6-16(3)7-11-20)28-24(22)23-17(4)29-31-18(23)5/h8-9,12-16,20H,6-7,10-11H2,1-5H3,(H,26,27,28)/t16-,20+. The van der Waals surface area contributed by atoms with E-state index in [1.165, 1.54) is 12.8 Å². The molecule has 0 spiro atoms. The van der Waals surface area contributed by atoms with Gasteiger partial charge in [0.25, 0.3) is 0 Å². The Morgan fingerprint density at radius 2 is 1.77 bits per heavy atom. The number of nitrogens with one attached hydrogen (secondary N) is 1. The van der Waals surface area contributed by atoms with E-state index >= 15 is 0 Å². The molecule has 1 aliphatic rings. The average molecular weight is 421 g/mol. The van der Waals surface area contributed by atoms with Crippen LogP contribution in [0.15, 0.2) is 35.0 Å². The second kappa shape index (κ2) is 9.08. The SMILES string of the molecule is Cc1noc(C)c1-c1nc(N[C@H]2CC[C@@H](C)CC2)ncc1-c1ccc(OC(C)C)cc1. The number of hydrogen-bond donors (Lipinski definition) is 1. The number of aromatic nitrogens is 3. The topological polar surface area (TPSA) is 73.1 Å². The van der Waals surface area contributed by atoms with Crippen molar-refractivity contribution in [2.75, 3.05) is 5.32 Å². The van der Waals surface area contributed by atoms with E-state index in [1.54, 1.807) is 0 Å².